The number of alkyl halides is 3. The van der Waals surface area contributed by atoms with Gasteiger partial charge in [-0.15, -0.1) is 0 Å². The first kappa shape index (κ1) is 69.2. The second-order valence-electron chi connectivity index (χ2n) is 23.8. The number of aliphatic hydroxyl groups is 4. The lowest BCUT2D eigenvalue weighted by atomic mass is 9.75. The van der Waals surface area contributed by atoms with Gasteiger partial charge in [0, 0.05) is 45.6 Å². The number of sulfonamides is 2. The predicted octanol–water partition coefficient (Wildman–Crippen LogP) is 7.03. The number of esters is 1. The van der Waals surface area contributed by atoms with Crippen LogP contribution in [0.1, 0.15) is 114 Å². The smallest absolute Gasteiger partial charge is 0.419 e. The molecule has 0 radical (unpaired) electrons. The normalized spacial score (nSPS) is 36.4. The van der Waals surface area contributed by atoms with Crippen molar-refractivity contribution in [3.05, 3.63) is 90.2 Å². The minimum atomic E-state index is -5.18. The number of nitrogens with zero attached hydrogens (tertiary/aromatic N) is 2. The zero-order valence-corrected chi connectivity index (χ0v) is 51.8. The van der Waals surface area contributed by atoms with E-state index in [1.807, 2.05) is 0 Å². The van der Waals surface area contributed by atoms with Crippen molar-refractivity contribution in [2.75, 3.05) is 33.8 Å². The van der Waals surface area contributed by atoms with Gasteiger partial charge in [0.25, 0.3) is 0 Å². The van der Waals surface area contributed by atoms with Gasteiger partial charge in [-0.05, 0) is 129 Å². The zero-order chi connectivity index (χ0) is 62.7. The van der Waals surface area contributed by atoms with E-state index in [2.05, 4.69) is 5.32 Å². The van der Waals surface area contributed by atoms with Crippen molar-refractivity contribution >= 4 is 26.0 Å². The molecule has 0 amide bonds. The number of methoxy groups -OCH3 is 1. The molecule has 0 unspecified atom stereocenters. The Morgan fingerprint density at radius 3 is 1.98 bits per heavy atom. The van der Waals surface area contributed by atoms with Gasteiger partial charge in [-0.2, -0.15) is 21.8 Å². The summed E-state index contributed by atoms with van der Waals surface area (Å²) in [6.07, 6.45) is -18.1. The highest BCUT2D eigenvalue weighted by molar-refractivity contribution is 7.89. The number of benzene rings is 3. The van der Waals surface area contributed by atoms with E-state index in [1.54, 1.807) is 72.7 Å². The Kier molecular flexibility index (Phi) is 22.4. The van der Waals surface area contributed by atoms with Crippen LogP contribution in [-0.4, -0.2) is 175 Å². The Hall–Kier alpha value is -3.93. The number of nitrogens with one attached hydrogen (secondary N) is 1. The number of hydrogen-bond acceptors (Lipinski definition) is 17. The van der Waals surface area contributed by atoms with Crippen molar-refractivity contribution in [3.8, 4) is 5.75 Å². The van der Waals surface area contributed by atoms with E-state index in [1.165, 1.54) is 78.3 Å². The van der Waals surface area contributed by atoms with E-state index in [4.69, 9.17) is 33.2 Å². The molecule has 19 nitrogen and oxygen atoms in total. The Morgan fingerprint density at radius 2 is 1.42 bits per heavy atom. The van der Waals surface area contributed by atoms with E-state index in [-0.39, 0.29) is 48.6 Å². The maximum atomic E-state index is 14.9. The number of carbonyl (C=O) groups excluding carboxylic acids is 1. The number of aliphatic hydroxyl groups excluding tert-OH is 1. The van der Waals surface area contributed by atoms with Crippen molar-refractivity contribution in [2.45, 2.75) is 214 Å². The number of cyclic esters (lactones) is 1. The molecule has 3 fully saturated rings. The van der Waals surface area contributed by atoms with E-state index in [9.17, 15) is 59.6 Å². The molecule has 0 aliphatic carbocycles. The molecule has 0 bridgehead atoms. The van der Waals surface area contributed by atoms with Crippen LogP contribution in [-0.2, 0) is 59.4 Å². The fourth-order valence-electron chi connectivity index (χ4n) is 12.1. The third-order valence-electron chi connectivity index (χ3n) is 17.2. The summed E-state index contributed by atoms with van der Waals surface area (Å²) in [4.78, 5) is 14.8. The van der Waals surface area contributed by atoms with Crippen LogP contribution in [0.2, 0.25) is 0 Å². The molecular formula is C59H87F4N3O16S2. The lowest BCUT2D eigenvalue weighted by Crippen LogP contribution is -2.70. The number of rotatable bonds is 17. The van der Waals surface area contributed by atoms with Gasteiger partial charge in [0.15, 0.2) is 18.7 Å². The van der Waals surface area contributed by atoms with E-state index < -0.39 is 163 Å². The van der Waals surface area contributed by atoms with Gasteiger partial charge in [0.1, 0.15) is 40.6 Å². The van der Waals surface area contributed by atoms with E-state index in [0.717, 1.165) is 14.7 Å². The van der Waals surface area contributed by atoms with Crippen LogP contribution in [0.25, 0.3) is 0 Å². The molecule has 6 rings (SSSR count). The number of halogens is 4. The average Bonchev–Trinajstić information content (AvgIpc) is 1.15. The number of hydrogen-bond donors (Lipinski definition) is 5. The van der Waals surface area contributed by atoms with Gasteiger partial charge in [-0.1, -0.05) is 64.1 Å². The van der Waals surface area contributed by atoms with Crippen molar-refractivity contribution in [2.24, 2.45) is 17.8 Å². The molecular weight excluding hydrogens is 1150 g/mol. The molecule has 3 aliphatic heterocycles. The fourth-order valence-corrected chi connectivity index (χ4v) is 15.1. The summed E-state index contributed by atoms with van der Waals surface area (Å²) in [6, 6.07) is 14.9. The maximum Gasteiger partial charge on any atom is 0.419 e. The van der Waals surface area contributed by atoms with Crippen LogP contribution >= 0.6 is 0 Å². The highest BCUT2D eigenvalue weighted by Gasteiger charge is 2.60. The van der Waals surface area contributed by atoms with Gasteiger partial charge in [-0.25, -0.2) is 21.2 Å². The van der Waals surface area contributed by atoms with Gasteiger partial charge >= 0.3 is 12.1 Å². The van der Waals surface area contributed by atoms with Gasteiger partial charge in [0.05, 0.1) is 57.3 Å². The van der Waals surface area contributed by atoms with Crippen molar-refractivity contribution in [1.82, 2.24) is 13.9 Å². The van der Waals surface area contributed by atoms with Crippen LogP contribution < -0.4 is 10.1 Å². The largest absolute Gasteiger partial charge is 0.483 e. The SMILES string of the molecule is CCCN(C[C@]1(O)[C@H](C)O[C@@H](O[C@H]2[C@H](C)[C@@H](O[C@@H]3O[C@H](C)C[C@H](N(C)S(=O)(=O)c4ccccc4)[C@H]3Oc3ccc(F)c(C(F)(F)F)c3)[C@](C)(O)C[C@@H](C)CN[C@H](C)[C@@H](O)[C@](C)(O)[C@@H](CC)OC(=O)[C@@H]2C)C[C@@]1(C)OC)S(=O)(=O)c1ccccc1. The summed E-state index contributed by atoms with van der Waals surface area (Å²) < 4.78 is 163. The summed E-state index contributed by atoms with van der Waals surface area (Å²) >= 11 is 0. The summed E-state index contributed by atoms with van der Waals surface area (Å²) in [6.45, 7) is 17.1. The van der Waals surface area contributed by atoms with Gasteiger partial charge in [0.2, 0.25) is 20.0 Å². The molecule has 0 saturated carbocycles. The lowest BCUT2D eigenvalue weighted by molar-refractivity contribution is -0.337. The molecule has 5 N–H and O–H groups in total. The monoisotopic (exact) mass is 1230 g/mol. The van der Waals surface area contributed by atoms with Crippen molar-refractivity contribution < 1.29 is 92.8 Å². The topological polar surface area (TPSA) is 249 Å². The summed E-state index contributed by atoms with van der Waals surface area (Å²) in [7, 11) is -6.00. The number of carbonyl (C=O) groups is 1. The molecule has 84 heavy (non-hydrogen) atoms. The highest BCUT2D eigenvalue weighted by atomic mass is 32.2. The second-order valence-corrected chi connectivity index (χ2v) is 27.7. The summed E-state index contributed by atoms with van der Waals surface area (Å²) in [5.74, 6) is -6.17. The molecule has 25 heteroatoms. The molecule has 3 aromatic rings. The minimum Gasteiger partial charge on any atom is -0.483 e. The first-order valence-corrected chi connectivity index (χ1v) is 31.5. The van der Waals surface area contributed by atoms with Gasteiger partial charge < -0.3 is 58.9 Å². The zero-order valence-electron chi connectivity index (χ0n) is 50.2. The van der Waals surface area contributed by atoms with Crippen molar-refractivity contribution in [3.63, 3.8) is 0 Å². The number of likely N-dealkylation sites (N-methyl/N-ethyl adjacent to an activating group) is 1. The Bertz CT molecular complexity index is 2880. The first-order chi connectivity index (χ1) is 39.0. The van der Waals surface area contributed by atoms with Crippen LogP contribution in [0.15, 0.2) is 88.7 Å². The summed E-state index contributed by atoms with van der Waals surface area (Å²) in [5.41, 5.74) is -9.45. The highest BCUT2D eigenvalue weighted by Crippen LogP contribution is 2.45. The van der Waals surface area contributed by atoms with Crippen molar-refractivity contribution in [1.29, 1.82) is 0 Å². The third-order valence-corrected chi connectivity index (χ3v) is 20.9. The fraction of sp³-hybridized carbons (Fsp3) is 0.678. The Morgan fingerprint density at radius 1 is 0.821 bits per heavy atom. The Labute approximate surface area is 492 Å². The molecule has 474 valence electrons. The average molecular weight is 1230 g/mol. The van der Waals surface area contributed by atoms with Crippen LogP contribution in [0.3, 0.4) is 0 Å². The predicted molar refractivity (Wildman–Crippen MR) is 302 cm³/mol. The van der Waals surface area contributed by atoms with E-state index in [0.29, 0.717) is 18.6 Å². The van der Waals surface area contributed by atoms with Crippen LogP contribution in [0.4, 0.5) is 17.6 Å². The Balaban J connectivity index is 1.50. The first-order valence-electron chi connectivity index (χ1n) is 28.6. The summed E-state index contributed by atoms with van der Waals surface area (Å²) in [5, 5.41) is 52.8. The minimum absolute atomic E-state index is 0.00277. The molecule has 3 aliphatic rings. The number of ether oxygens (including phenoxy) is 7. The van der Waals surface area contributed by atoms with Crippen LogP contribution in [0, 0.1) is 23.6 Å². The molecule has 3 saturated heterocycles. The molecule has 18 atom stereocenters. The molecule has 0 spiro atoms. The van der Waals surface area contributed by atoms with E-state index >= 15 is 0 Å². The second kappa shape index (κ2) is 27.2. The lowest BCUT2D eigenvalue weighted by Gasteiger charge is -2.54. The molecule has 3 heterocycles. The van der Waals surface area contributed by atoms with Crippen LogP contribution in [0.5, 0.6) is 5.75 Å². The quantitative estimate of drug-likeness (QED) is 0.0672. The molecule has 0 aromatic heterocycles. The van der Waals surface area contributed by atoms with Gasteiger partial charge in [-0.3, -0.25) is 4.79 Å². The molecule has 3 aromatic carbocycles. The maximum absolute atomic E-state index is 14.9. The standard InChI is InChI=1S/C59H87F4N3O16S2/c1-14-28-66(84(74,75)43-24-20-17-21-25-43)34-58(71)40(8)78-48(32-56(58,10)76-13)81-49-37(5)52(55(9,69)31-35(3)33-64-39(7)51(67)57(11,70)47(15-2)80-53(68)38(49)6)82-54-50(79-41-26-27-45(60)44(30-41)59(61,62)63)46(29-36(4)77-54)65(12)83(72,73)42-22-18-16-19-23-42/h16-27,30,35-40,46-52,54,64,67,69-71H,14-15,28-29,31-34H2,1-13H3/t35-,36-,37+,38-,39-,40+,46+,47-,48+,49+,50-,51-,52-,54+,55-,56-,57-,58+/m1/s1. The third kappa shape index (κ3) is 15.0.